The minimum atomic E-state index is 0.743. The van der Waals surface area contributed by atoms with E-state index in [9.17, 15) is 0 Å². The fraction of sp³-hybridized carbons (Fsp3) is 0. The van der Waals surface area contributed by atoms with E-state index in [1.165, 1.54) is 11.8 Å². The van der Waals surface area contributed by atoms with Gasteiger partial charge in [-0.3, -0.25) is 0 Å². The lowest BCUT2D eigenvalue weighted by molar-refractivity contribution is 0.965. The van der Waals surface area contributed by atoms with Gasteiger partial charge in [0.1, 0.15) is 0 Å². The first-order chi connectivity index (χ1) is 5.95. The molecular formula is C7H5N3S2. The van der Waals surface area contributed by atoms with Crippen molar-refractivity contribution in [3.63, 3.8) is 0 Å². The maximum Gasteiger partial charge on any atom is 0.194 e. The van der Waals surface area contributed by atoms with Gasteiger partial charge in [-0.2, -0.15) is 0 Å². The van der Waals surface area contributed by atoms with Crippen LogP contribution in [0.4, 0.5) is 0 Å². The predicted octanol–water partition coefficient (Wildman–Crippen LogP) is 2.08. The van der Waals surface area contributed by atoms with Crippen LogP contribution in [0.5, 0.6) is 0 Å². The van der Waals surface area contributed by atoms with Gasteiger partial charge in [0.15, 0.2) is 9.50 Å². The highest BCUT2D eigenvalue weighted by Gasteiger charge is 1.99. The summed E-state index contributed by atoms with van der Waals surface area (Å²) in [7, 11) is 0. The Morgan fingerprint density at radius 1 is 1.08 bits per heavy atom. The molecule has 0 saturated heterocycles. The van der Waals surface area contributed by atoms with Crippen molar-refractivity contribution in [1.82, 2.24) is 15.0 Å². The SMILES string of the molecule is c1cnc(Sc2nccs2)nc1. The minimum absolute atomic E-state index is 0.743. The fourth-order valence-electron chi connectivity index (χ4n) is 0.677. The van der Waals surface area contributed by atoms with Crippen molar-refractivity contribution in [1.29, 1.82) is 0 Å². The molecule has 2 aromatic rings. The second kappa shape index (κ2) is 3.64. The lowest BCUT2D eigenvalue weighted by Gasteiger charge is -1.92. The van der Waals surface area contributed by atoms with Crippen molar-refractivity contribution in [2.24, 2.45) is 0 Å². The highest BCUT2D eigenvalue weighted by Crippen LogP contribution is 2.25. The van der Waals surface area contributed by atoms with Gasteiger partial charge in [-0.15, -0.1) is 11.3 Å². The number of hydrogen-bond donors (Lipinski definition) is 0. The van der Waals surface area contributed by atoms with Gasteiger partial charge in [-0.1, -0.05) is 0 Å². The van der Waals surface area contributed by atoms with Crippen LogP contribution in [0.2, 0.25) is 0 Å². The molecule has 0 N–H and O–H groups in total. The molecule has 0 atom stereocenters. The van der Waals surface area contributed by atoms with Gasteiger partial charge in [0, 0.05) is 24.0 Å². The molecule has 0 aliphatic heterocycles. The van der Waals surface area contributed by atoms with Gasteiger partial charge in [-0.25, -0.2) is 15.0 Å². The summed E-state index contributed by atoms with van der Waals surface area (Å²) in [4.78, 5) is 12.3. The van der Waals surface area contributed by atoms with Crippen LogP contribution in [0, 0.1) is 0 Å². The molecule has 2 heterocycles. The zero-order valence-electron chi connectivity index (χ0n) is 6.04. The molecule has 3 nitrogen and oxygen atoms in total. The van der Waals surface area contributed by atoms with E-state index < -0.39 is 0 Å². The van der Waals surface area contributed by atoms with Crippen LogP contribution in [0.3, 0.4) is 0 Å². The minimum Gasteiger partial charge on any atom is -0.238 e. The summed E-state index contributed by atoms with van der Waals surface area (Å²) in [6.07, 6.45) is 5.22. The largest absolute Gasteiger partial charge is 0.238 e. The fourth-order valence-corrected chi connectivity index (χ4v) is 2.12. The monoisotopic (exact) mass is 195 g/mol. The zero-order valence-corrected chi connectivity index (χ0v) is 7.68. The summed E-state index contributed by atoms with van der Waals surface area (Å²) in [6.45, 7) is 0. The molecule has 60 valence electrons. The molecule has 0 bridgehead atoms. The number of thiazole rings is 1. The Labute approximate surface area is 77.9 Å². The molecule has 2 aromatic heterocycles. The Hall–Kier alpha value is -0.940. The van der Waals surface area contributed by atoms with Gasteiger partial charge >= 0.3 is 0 Å². The summed E-state index contributed by atoms with van der Waals surface area (Å²) in [5.74, 6) is 0. The van der Waals surface area contributed by atoms with E-state index in [4.69, 9.17) is 0 Å². The van der Waals surface area contributed by atoms with Gasteiger partial charge in [0.2, 0.25) is 0 Å². The first-order valence-electron chi connectivity index (χ1n) is 3.29. The smallest absolute Gasteiger partial charge is 0.194 e. The Morgan fingerprint density at radius 2 is 1.92 bits per heavy atom. The van der Waals surface area contributed by atoms with Gasteiger partial charge in [0.25, 0.3) is 0 Å². The summed E-state index contributed by atoms with van der Waals surface area (Å²) >= 11 is 3.07. The van der Waals surface area contributed by atoms with E-state index >= 15 is 0 Å². The second-order valence-corrected chi connectivity index (χ2v) is 4.04. The van der Waals surface area contributed by atoms with E-state index in [2.05, 4.69) is 15.0 Å². The Bertz CT molecular complexity index is 333. The van der Waals surface area contributed by atoms with E-state index in [1.54, 1.807) is 36.0 Å². The highest BCUT2D eigenvalue weighted by molar-refractivity contribution is 8.00. The molecule has 0 radical (unpaired) electrons. The van der Waals surface area contributed by atoms with Crippen molar-refractivity contribution in [3.05, 3.63) is 30.0 Å². The van der Waals surface area contributed by atoms with Crippen LogP contribution in [0.15, 0.2) is 39.5 Å². The van der Waals surface area contributed by atoms with Gasteiger partial charge in [0.05, 0.1) is 0 Å². The van der Waals surface area contributed by atoms with Crippen molar-refractivity contribution in [2.75, 3.05) is 0 Å². The maximum absolute atomic E-state index is 4.11. The molecule has 0 aliphatic carbocycles. The molecular weight excluding hydrogens is 190 g/mol. The molecule has 2 rings (SSSR count). The molecule has 0 saturated carbocycles. The molecule has 0 spiro atoms. The summed E-state index contributed by atoms with van der Waals surface area (Å²) in [6, 6.07) is 1.80. The van der Waals surface area contributed by atoms with Crippen LogP contribution in [0.1, 0.15) is 0 Å². The molecule has 12 heavy (non-hydrogen) atoms. The lowest BCUT2D eigenvalue weighted by Crippen LogP contribution is -1.81. The molecule has 5 heteroatoms. The first kappa shape index (κ1) is 7.70. The molecule has 0 unspecified atom stereocenters. The van der Waals surface area contributed by atoms with E-state index in [0.717, 1.165) is 9.50 Å². The third-order valence-electron chi connectivity index (χ3n) is 1.13. The Balaban J connectivity index is 2.15. The predicted molar refractivity (Wildman–Crippen MR) is 48.3 cm³/mol. The average molecular weight is 195 g/mol. The van der Waals surface area contributed by atoms with E-state index in [0.29, 0.717) is 0 Å². The number of rotatable bonds is 2. The van der Waals surface area contributed by atoms with Gasteiger partial charge in [-0.05, 0) is 17.8 Å². The van der Waals surface area contributed by atoms with Crippen LogP contribution >= 0.6 is 23.1 Å². The number of hydrogen-bond acceptors (Lipinski definition) is 5. The Morgan fingerprint density at radius 3 is 2.58 bits per heavy atom. The lowest BCUT2D eigenvalue weighted by atomic mass is 10.7. The molecule has 0 fully saturated rings. The van der Waals surface area contributed by atoms with Crippen LogP contribution < -0.4 is 0 Å². The second-order valence-electron chi connectivity index (χ2n) is 1.93. The number of nitrogens with zero attached hydrogens (tertiary/aromatic N) is 3. The standard InChI is InChI=1S/C7H5N3S2/c1-2-8-6(9-3-1)12-7-10-4-5-11-7/h1-5H. The van der Waals surface area contributed by atoms with Crippen molar-refractivity contribution in [3.8, 4) is 0 Å². The molecule has 0 aromatic carbocycles. The van der Waals surface area contributed by atoms with Crippen LogP contribution in [-0.4, -0.2) is 15.0 Å². The van der Waals surface area contributed by atoms with E-state index in [1.807, 2.05) is 5.38 Å². The van der Waals surface area contributed by atoms with Crippen LogP contribution in [-0.2, 0) is 0 Å². The highest BCUT2D eigenvalue weighted by atomic mass is 32.2. The summed E-state index contributed by atoms with van der Waals surface area (Å²) in [5.41, 5.74) is 0. The molecule has 0 aliphatic rings. The van der Waals surface area contributed by atoms with Crippen molar-refractivity contribution >= 4 is 23.1 Å². The normalized spacial score (nSPS) is 10.0. The van der Waals surface area contributed by atoms with Crippen molar-refractivity contribution < 1.29 is 0 Å². The third kappa shape index (κ3) is 1.80. The van der Waals surface area contributed by atoms with Gasteiger partial charge < -0.3 is 0 Å². The molecule has 0 amide bonds. The zero-order chi connectivity index (χ0) is 8.23. The summed E-state index contributed by atoms with van der Waals surface area (Å²) in [5, 5.41) is 2.68. The van der Waals surface area contributed by atoms with Crippen molar-refractivity contribution in [2.45, 2.75) is 9.50 Å². The quantitative estimate of drug-likeness (QED) is 0.688. The third-order valence-corrected chi connectivity index (χ3v) is 2.91. The van der Waals surface area contributed by atoms with E-state index in [-0.39, 0.29) is 0 Å². The average Bonchev–Trinajstić information content (AvgIpc) is 2.59. The summed E-state index contributed by atoms with van der Waals surface area (Å²) < 4.78 is 0.973. The first-order valence-corrected chi connectivity index (χ1v) is 4.99. The van der Waals surface area contributed by atoms with Crippen LogP contribution in [0.25, 0.3) is 0 Å². The maximum atomic E-state index is 4.11. The number of aromatic nitrogens is 3. The topological polar surface area (TPSA) is 38.7 Å². The Kier molecular flexibility index (Phi) is 2.33.